The van der Waals surface area contributed by atoms with E-state index in [2.05, 4.69) is 4.99 Å². The van der Waals surface area contributed by atoms with Crippen molar-refractivity contribution < 1.29 is 24.1 Å². The van der Waals surface area contributed by atoms with Crippen molar-refractivity contribution in [1.29, 1.82) is 0 Å². The topological polar surface area (TPSA) is 99.4 Å². The summed E-state index contributed by atoms with van der Waals surface area (Å²) in [7, 11) is 1.47. The Morgan fingerprint density at radius 2 is 1.83 bits per heavy atom. The van der Waals surface area contributed by atoms with Crippen molar-refractivity contribution in [1.82, 2.24) is 4.57 Å². The van der Waals surface area contributed by atoms with Crippen molar-refractivity contribution in [3.05, 3.63) is 120 Å². The van der Waals surface area contributed by atoms with Gasteiger partial charge in [-0.05, 0) is 59.9 Å². The van der Waals surface area contributed by atoms with Gasteiger partial charge in [-0.3, -0.25) is 9.36 Å². The third-order valence-electron chi connectivity index (χ3n) is 6.74. The van der Waals surface area contributed by atoms with Crippen LogP contribution in [0.15, 0.2) is 93.9 Å². The largest absolute Gasteiger partial charge is 0.504 e. The number of carbonyl (C=O) groups is 1. The molecule has 1 aliphatic rings. The first-order chi connectivity index (χ1) is 20.2. The second-order valence-corrected chi connectivity index (χ2v) is 11.4. The molecule has 42 heavy (non-hydrogen) atoms. The molecule has 3 aromatic carbocycles. The number of rotatable bonds is 9. The molecule has 9 heteroatoms. The van der Waals surface area contributed by atoms with Gasteiger partial charge in [-0.25, -0.2) is 9.79 Å². The monoisotopic (exact) mass is 584 g/mol. The lowest BCUT2D eigenvalue weighted by molar-refractivity contribution is -0.140. The van der Waals surface area contributed by atoms with Gasteiger partial charge in [-0.2, -0.15) is 0 Å². The molecule has 1 unspecified atom stereocenters. The average Bonchev–Trinajstić information content (AvgIpc) is 3.29. The molecule has 4 aromatic rings. The molecule has 0 radical (unpaired) electrons. The summed E-state index contributed by atoms with van der Waals surface area (Å²) < 4.78 is 18.8. The molecule has 0 aliphatic carbocycles. The number of fused-ring (bicyclic) bond motifs is 1. The SMILES string of the molecule is COc1cc(C=c2sc3n(c2=O)C(c2ccc(OCc4ccccc4)cc2)C(C(=O)OCC(C)C)=C(C)N=3)ccc1O. The summed E-state index contributed by atoms with van der Waals surface area (Å²) in [6, 6.07) is 21.4. The number of phenols is 1. The molecule has 5 rings (SSSR count). The fourth-order valence-corrected chi connectivity index (χ4v) is 5.69. The van der Waals surface area contributed by atoms with Crippen molar-refractivity contribution in [3.8, 4) is 17.2 Å². The van der Waals surface area contributed by atoms with Gasteiger partial charge in [0, 0.05) is 0 Å². The van der Waals surface area contributed by atoms with Crippen LogP contribution in [-0.4, -0.2) is 29.4 Å². The Balaban J connectivity index is 1.56. The molecule has 0 amide bonds. The van der Waals surface area contributed by atoms with Crippen LogP contribution in [0.4, 0.5) is 0 Å². The van der Waals surface area contributed by atoms with E-state index in [-0.39, 0.29) is 23.8 Å². The predicted octanol–water partition coefficient (Wildman–Crippen LogP) is 4.73. The predicted molar refractivity (Wildman–Crippen MR) is 161 cm³/mol. The second-order valence-electron chi connectivity index (χ2n) is 10.3. The number of aromatic nitrogens is 1. The van der Waals surface area contributed by atoms with Crippen LogP contribution in [0.5, 0.6) is 17.2 Å². The highest BCUT2D eigenvalue weighted by Crippen LogP contribution is 2.32. The van der Waals surface area contributed by atoms with E-state index in [9.17, 15) is 14.7 Å². The molecule has 2 heterocycles. The summed E-state index contributed by atoms with van der Waals surface area (Å²) in [5.41, 5.74) is 2.98. The van der Waals surface area contributed by atoms with Gasteiger partial charge in [0.1, 0.15) is 12.4 Å². The van der Waals surface area contributed by atoms with E-state index in [1.165, 1.54) is 24.5 Å². The van der Waals surface area contributed by atoms with E-state index in [1.807, 2.05) is 68.4 Å². The number of hydrogen-bond acceptors (Lipinski definition) is 8. The quantitative estimate of drug-likeness (QED) is 0.286. The Labute approximate surface area is 247 Å². The van der Waals surface area contributed by atoms with Crippen LogP contribution >= 0.6 is 11.3 Å². The van der Waals surface area contributed by atoms with Gasteiger partial charge in [0.15, 0.2) is 16.3 Å². The molecule has 0 saturated carbocycles. The molecule has 0 saturated heterocycles. The highest BCUT2D eigenvalue weighted by Gasteiger charge is 2.33. The number of benzene rings is 3. The van der Waals surface area contributed by atoms with Gasteiger partial charge in [-0.1, -0.05) is 73.7 Å². The number of hydrogen-bond donors (Lipinski definition) is 1. The van der Waals surface area contributed by atoms with E-state index in [0.717, 1.165) is 11.1 Å². The molecule has 0 spiro atoms. The number of aromatic hydroxyl groups is 1. The summed E-state index contributed by atoms with van der Waals surface area (Å²) in [6.45, 7) is 6.37. The molecular formula is C33H32N2O6S. The molecule has 1 aliphatic heterocycles. The Morgan fingerprint density at radius 1 is 1.10 bits per heavy atom. The third kappa shape index (κ3) is 6.16. The number of allylic oxidation sites excluding steroid dienone is 1. The minimum Gasteiger partial charge on any atom is -0.504 e. The van der Waals surface area contributed by atoms with Crippen LogP contribution in [0.25, 0.3) is 6.08 Å². The van der Waals surface area contributed by atoms with Gasteiger partial charge in [-0.15, -0.1) is 0 Å². The first kappa shape index (κ1) is 28.9. The van der Waals surface area contributed by atoms with Gasteiger partial charge in [0.2, 0.25) is 0 Å². The number of nitrogens with zero attached hydrogens (tertiary/aromatic N) is 2. The highest BCUT2D eigenvalue weighted by atomic mass is 32.1. The molecule has 216 valence electrons. The number of carbonyl (C=O) groups excluding carboxylic acids is 1. The standard InChI is InChI=1S/C33H32N2O6S/c1-20(2)18-41-32(38)29-21(3)34-33-35(31(37)28(42-33)17-23-10-15-26(36)27(16-23)39-4)30(29)24-11-13-25(14-12-24)40-19-22-8-6-5-7-9-22/h5-17,20,30,36H,18-19H2,1-4H3. The Kier molecular flexibility index (Phi) is 8.59. The van der Waals surface area contributed by atoms with Crippen molar-refractivity contribution >= 4 is 23.4 Å². The fraction of sp³-hybridized carbons (Fsp3) is 0.242. The van der Waals surface area contributed by atoms with Crippen LogP contribution in [0.3, 0.4) is 0 Å². The van der Waals surface area contributed by atoms with Crippen LogP contribution in [0.1, 0.15) is 43.5 Å². The molecule has 0 fully saturated rings. The normalized spacial score (nSPS) is 14.9. The maximum atomic E-state index is 13.9. The van der Waals surface area contributed by atoms with Crippen molar-refractivity contribution in [2.45, 2.75) is 33.4 Å². The maximum Gasteiger partial charge on any atom is 0.338 e. The summed E-state index contributed by atoms with van der Waals surface area (Å²) >= 11 is 1.23. The minimum absolute atomic E-state index is 0.00693. The van der Waals surface area contributed by atoms with Crippen LogP contribution in [0, 0.1) is 5.92 Å². The second kappa shape index (κ2) is 12.5. The van der Waals surface area contributed by atoms with E-state index in [4.69, 9.17) is 14.2 Å². The van der Waals surface area contributed by atoms with Gasteiger partial charge >= 0.3 is 5.97 Å². The third-order valence-corrected chi connectivity index (χ3v) is 7.72. The zero-order valence-electron chi connectivity index (χ0n) is 23.9. The zero-order valence-corrected chi connectivity index (χ0v) is 24.7. The van der Waals surface area contributed by atoms with E-state index in [1.54, 1.807) is 29.7 Å². The van der Waals surface area contributed by atoms with Crippen LogP contribution in [-0.2, 0) is 16.1 Å². The summed E-state index contributed by atoms with van der Waals surface area (Å²) in [5.74, 6) is 0.623. The zero-order chi connectivity index (χ0) is 29.8. The molecule has 1 aromatic heterocycles. The lowest BCUT2D eigenvalue weighted by Crippen LogP contribution is -2.40. The number of methoxy groups -OCH3 is 1. The van der Waals surface area contributed by atoms with Gasteiger partial charge in [0.25, 0.3) is 5.56 Å². The smallest absolute Gasteiger partial charge is 0.338 e. The number of phenolic OH excluding ortho intramolecular Hbond substituents is 1. The average molecular weight is 585 g/mol. The first-order valence-corrected chi connectivity index (χ1v) is 14.4. The number of ether oxygens (including phenoxy) is 3. The minimum atomic E-state index is -0.736. The van der Waals surface area contributed by atoms with Gasteiger partial charge < -0.3 is 19.3 Å². The molecular weight excluding hydrogens is 552 g/mol. The summed E-state index contributed by atoms with van der Waals surface area (Å²) in [4.78, 5) is 32.4. The molecule has 1 N–H and O–H groups in total. The van der Waals surface area contributed by atoms with Crippen LogP contribution in [0.2, 0.25) is 0 Å². The summed E-state index contributed by atoms with van der Waals surface area (Å²) in [6.07, 6.45) is 1.72. The van der Waals surface area contributed by atoms with E-state index >= 15 is 0 Å². The number of esters is 1. The van der Waals surface area contributed by atoms with Crippen molar-refractivity contribution in [3.63, 3.8) is 0 Å². The Bertz CT molecular complexity index is 1800. The summed E-state index contributed by atoms with van der Waals surface area (Å²) in [5, 5.41) is 9.97. The van der Waals surface area contributed by atoms with Gasteiger partial charge in [0.05, 0.1) is 35.6 Å². The highest BCUT2D eigenvalue weighted by molar-refractivity contribution is 7.07. The van der Waals surface area contributed by atoms with E-state index < -0.39 is 12.0 Å². The number of thiazole rings is 1. The van der Waals surface area contributed by atoms with Crippen molar-refractivity contribution in [2.75, 3.05) is 13.7 Å². The lowest BCUT2D eigenvalue weighted by Gasteiger charge is -2.25. The maximum absolute atomic E-state index is 13.9. The molecule has 1 atom stereocenters. The van der Waals surface area contributed by atoms with Crippen molar-refractivity contribution in [2.24, 2.45) is 10.9 Å². The van der Waals surface area contributed by atoms with E-state index in [0.29, 0.717) is 44.3 Å². The Hall–Kier alpha value is -4.63. The molecule has 0 bridgehead atoms. The molecule has 8 nitrogen and oxygen atoms in total. The van der Waals surface area contributed by atoms with Crippen LogP contribution < -0.4 is 24.4 Å². The Morgan fingerprint density at radius 3 is 2.52 bits per heavy atom. The fourth-order valence-electron chi connectivity index (χ4n) is 4.64. The first-order valence-electron chi connectivity index (χ1n) is 13.6. The lowest BCUT2D eigenvalue weighted by atomic mass is 9.96.